The lowest BCUT2D eigenvalue weighted by molar-refractivity contribution is -0.641. The molecule has 2 aromatic rings. The molecule has 4 heteroatoms. The molecule has 3 nitrogen and oxygen atoms in total. The Bertz CT molecular complexity index is 482. The van der Waals surface area contributed by atoms with Crippen LogP contribution in [0.15, 0.2) is 54.9 Å². The molecule has 0 fully saturated rings. The summed E-state index contributed by atoms with van der Waals surface area (Å²) < 4.78 is 2.74. The van der Waals surface area contributed by atoms with Gasteiger partial charge in [0.15, 0.2) is 12.4 Å². The van der Waals surface area contributed by atoms with E-state index in [0.717, 1.165) is 3.57 Å². The van der Waals surface area contributed by atoms with Crippen LogP contribution in [0.25, 0.3) is 0 Å². The second-order valence-electron chi connectivity index (χ2n) is 3.23. The van der Waals surface area contributed by atoms with E-state index in [1.165, 1.54) is 0 Å². The summed E-state index contributed by atoms with van der Waals surface area (Å²) in [6.07, 6.45) is 3.56. The number of nitrogens with zero attached hydrogens (tertiary/aromatic N) is 1. The molecule has 1 heterocycles. The first kappa shape index (κ1) is 11.1. The number of hydrogen-bond donors (Lipinski definition) is 1. The summed E-state index contributed by atoms with van der Waals surface area (Å²) in [4.78, 5) is 11.8. The molecule has 1 aromatic heterocycles. The third kappa shape index (κ3) is 2.79. The highest BCUT2D eigenvalue weighted by Crippen LogP contribution is 2.06. The number of halogens is 1. The van der Waals surface area contributed by atoms with Gasteiger partial charge in [0, 0.05) is 21.3 Å². The van der Waals surface area contributed by atoms with Gasteiger partial charge in [-0.1, -0.05) is 10.7 Å². The van der Waals surface area contributed by atoms with Crippen LogP contribution in [0, 0.1) is 3.57 Å². The van der Waals surface area contributed by atoms with Gasteiger partial charge in [0.25, 0.3) is 0 Å². The molecule has 1 amide bonds. The van der Waals surface area contributed by atoms with E-state index in [-0.39, 0.29) is 5.91 Å². The van der Waals surface area contributed by atoms with Gasteiger partial charge in [-0.05, 0) is 46.9 Å². The fourth-order valence-corrected chi connectivity index (χ4v) is 1.62. The fourth-order valence-electron chi connectivity index (χ4n) is 1.26. The van der Waals surface area contributed by atoms with E-state index in [2.05, 4.69) is 28.0 Å². The number of pyridine rings is 1. The first-order chi connectivity index (χ1) is 7.75. The van der Waals surface area contributed by atoms with Gasteiger partial charge < -0.3 is 0 Å². The van der Waals surface area contributed by atoms with Gasteiger partial charge in [-0.2, -0.15) is 0 Å². The SMILES string of the molecule is O=C(N[n+]1ccccc1)c1ccc(I)cc1. The van der Waals surface area contributed by atoms with E-state index in [0.29, 0.717) is 5.56 Å². The Morgan fingerprint density at radius 2 is 1.69 bits per heavy atom. The van der Waals surface area contributed by atoms with E-state index >= 15 is 0 Å². The van der Waals surface area contributed by atoms with Crippen molar-refractivity contribution in [3.8, 4) is 0 Å². The van der Waals surface area contributed by atoms with Crippen LogP contribution in [0.5, 0.6) is 0 Å². The Morgan fingerprint density at radius 3 is 2.31 bits per heavy atom. The topological polar surface area (TPSA) is 33.0 Å². The van der Waals surface area contributed by atoms with Gasteiger partial charge in [-0.3, -0.25) is 4.79 Å². The maximum Gasteiger partial charge on any atom is 0.305 e. The number of benzene rings is 1. The van der Waals surface area contributed by atoms with Crippen LogP contribution in [-0.2, 0) is 0 Å². The molecule has 16 heavy (non-hydrogen) atoms. The highest BCUT2D eigenvalue weighted by Gasteiger charge is 2.09. The van der Waals surface area contributed by atoms with E-state index < -0.39 is 0 Å². The smallest absolute Gasteiger partial charge is 0.264 e. The molecule has 0 spiro atoms. The molecule has 1 N–H and O–H groups in total. The minimum atomic E-state index is -0.118. The van der Waals surface area contributed by atoms with E-state index in [1.807, 2.05) is 30.3 Å². The summed E-state index contributed by atoms with van der Waals surface area (Å²) in [7, 11) is 0. The quantitative estimate of drug-likeness (QED) is 0.665. The molecular weight excluding hydrogens is 315 g/mol. The van der Waals surface area contributed by atoms with Crippen molar-refractivity contribution < 1.29 is 9.47 Å². The van der Waals surface area contributed by atoms with E-state index in [4.69, 9.17) is 0 Å². The molecule has 0 unspecified atom stereocenters. The first-order valence-electron chi connectivity index (χ1n) is 4.79. The number of carbonyl (C=O) groups excluding carboxylic acids is 1. The highest BCUT2D eigenvalue weighted by atomic mass is 127. The zero-order chi connectivity index (χ0) is 11.4. The maximum absolute atomic E-state index is 11.8. The molecule has 1 aromatic carbocycles. The summed E-state index contributed by atoms with van der Waals surface area (Å²) >= 11 is 2.21. The summed E-state index contributed by atoms with van der Waals surface area (Å²) in [5.74, 6) is -0.118. The summed E-state index contributed by atoms with van der Waals surface area (Å²) in [6.45, 7) is 0. The second-order valence-corrected chi connectivity index (χ2v) is 4.48. The molecule has 80 valence electrons. The number of amides is 1. The van der Waals surface area contributed by atoms with Gasteiger partial charge in [-0.15, -0.1) is 5.43 Å². The standard InChI is InChI=1S/C12H9IN2O/c13-11-6-4-10(5-7-11)12(16)14-15-8-2-1-3-9-15/h1-9H/p+1. The predicted octanol–water partition coefficient (Wildman–Crippen LogP) is 1.96. The predicted molar refractivity (Wildman–Crippen MR) is 69.5 cm³/mol. The average molecular weight is 325 g/mol. The molecule has 2 rings (SSSR count). The molecule has 0 aliphatic carbocycles. The third-order valence-corrected chi connectivity index (χ3v) is 2.77. The number of rotatable bonds is 2. The van der Waals surface area contributed by atoms with Crippen molar-refractivity contribution in [2.75, 3.05) is 5.43 Å². The number of aromatic nitrogens is 1. The maximum atomic E-state index is 11.8. The first-order valence-corrected chi connectivity index (χ1v) is 5.87. The van der Waals surface area contributed by atoms with Crippen molar-refractivity contribution in [1.82, 2.24) is 0 Å². The number of carbonyl (C=O) groups is 1. The van der Waals surface area contributed by atoms with Crippen molar-refractivity contribution >= 4 is 28.5 Å². The third-order valence-electron chi connectivity index (χ3n) is 2.05. The Labute approximate surface area is 107 Å². The van der Waals surface area contributed by atoms with Crippen LogP contribution in [0.1, 0.15) is 10.4 Å². The lowest BCUT2D eigenvalue weighted by atomic mass is 10.2. The molecule has 0 atom stereocenters. The van der Waals surface area contributed by atoms with Gasteiger partial charge in [-0.25, -0.2) is 0 Å². The van der Waals surface area contributed by atoms with Crippen molar-refractivity contribution in [3.63, 3.8) is 0 Å². The highest BCUT2D eigenvalue weighted by molar-refractivity contribution is 14.1. The van der Waals surface area contributed by atoms with Gasteiger partial charge in [0.05, 0.1) is 0 Å². The van der Waals surface area contributed by atoms with Crippen molar-refractivity contribution in [1.29, 1.82) is 0 Å². The van der Waals surface area contributed by atoms with Crippen LogP contribution in [-0.4, -0.2) is 5.91 Å². The molecule has 0 saturated carbocycles. The second kappa shape index (κ2) is 5.07. The molecule has 0 bridgehead atoms. The molecule has 0 saturated heterocycles. The van der Waals surface area contributed by atoms with Gasteiger partial charge >= 0.3 is 5.91 Å². The number of hydrogen-bond acceptors (Lipinski definition) is 1. The molecule has 0 aliphatic rings. The minimum absolute atomic E-state index is 0.118. The van der Waals surface area contributed by atoms with Crippen LogP contribution < -0.4 is 10.1 Å². The van der Waals surface area contributed by atoms with Crippen LogP contribution in [0.3, 0.4) is 0 Å². The molecule has 0 radical (unpaired) electrons. The normalized spacial score (nSPS) is 9.81. The van der Waals surface area contributed by atoms with Gasteiger partial charge in [0.2, 0.25) is 0 Å². The van der Waals surface area contributed by atoms with Crippen molar-refractivity contribution in [2.45, 2.75) is 0 Å². The lowest BCUT2D eigenvalue weighted by Gasteiger charge is -1.99. The lowest BCUT2D eigenvalue weighted by Crippen LogP contribution is -2.47. The van der Waals surface area contributed by atoms with Crippen molar-refractivity contribution in [2.24, 2.45) is 0 Å². The van der Waals surface area contributed by atoms with Crippen LogP contribution >= 0.6 is 22.6 Å². The summed E-state index contributed by atoms with van der Waals surface area (Å²) in [5.41, 5.74) is 3.40. The minimum Gasteiger partial charge on any atom is -0.264 e. The van der Waals surface area contributed by atoms with Crippen LogP contribution in [0.4, 0.5) is 0 Å². The Kier molecular flexibility index (Phi) is 3.51. The van der Waals surface area contributed by atoms with E-state index in [1.54, 1.807) is 29.2 Å². The monoisotopic (exact) mass is 325 g/mol. The Balaban J connectivity index is 2.12. The zero-order valence-corrected chi connectivity index (χ0v) is 10.6. The Hall–Kier alpha value is -1.43. The average Bonchev–Trinajstić information content (AvgIpc) is 2.31. The fraction of sp³-hybridized carbons (Fsp3) is 0. The summed E-state index contributed by atoms with van der Waals surface area (Å²) in [6, 6.07) is 13.0. The largest absolute Gasteiger partial charge is 0.305 e. The number of nitrogens with one attached hydrogen (secondary N) is 1. The van der Waals surface area contributed by atoms with Crippen molar-refractivity contribution in [3.05, 3.63) is 64.0 Å². The zero-order valence-electron chi connectivity index (χ0n) is 8.43. The van der Waals surface area contributed by atoms with Gasteiger partial charge in [0.1, 0.15) is 0 Å². The van der Waals surface area contributed by atoms with E-state index in [9.17, 15) is 4.79 Å². The molecule has 0 aliphatic heterocycles. The van der Waals surface area contributed by atoms with Crippen LogP contribution in [0.2, 0.25) is 0 Å². The summed E-state index contributed by atoms with van der Waals surface area (Å²) in [5, 5.41) is 0. The Morgan fingerprint density at radius 1 is 1.06 bits per heavy atom. The molecular formula is C12H10IN2O+.